The van der Waals surface area contributed by atoms with Crippen molar-refractivity contribution >= 4 is 29.5 Å². The number of hydrogen-bond donors (Lipinski definition) is 1. The fourth-order valence-electron chi connectivity index (χ4n) is 3.99. The average molecular weight is 499 g/mol. The number of anilines is 2. The van der Waals surface area contributed by atoms with Gasteiger partial charge in [-0.15, -0.1) is 0 Å². The van der Waals surface area contributed by atoms with Crippen LogP contribution in [0, 0.1) is 6.92 Å². The molecule has 0 unspecified atom stereocenters. The number of amides is 1. The van der Waals surface area contributed by atoms with Gasteiger partial charge in [-0.25, -0.2) is 14.5 Å². The Bertz CT molecular complexity index is 1190. The van der Waals surface area contributed by atoms with E-state index in [1.165, 1.54) is 0 Å². The minimum atomic E-state index is -0.444. The summed E-state index contributed by atoms with van der Waals surface area (Å²) < 4.78 is 13.2. The predicted molar refractivity (Wildman–Crippen MR) is 135 cm³/mol. The third-order valence-electron chi connectivity index (χ3n) is 5.61. The van der Waals surface area contributed by atoms with Gasteiger partial charge in [-0.2, -0.15) is 10.1 Å². The molecule has 0 bridgehead atoms. The number of rotatable bonds is 7. The molecule has 1 aliphatic heterocycles. The second-order valence-electron chi connectivity index (χ2n) is 9.70. The van der Waals surface area contributed by atoms with Gasteiger partial charge in [-0.3, -0.25) is 4.90 Å². The zero-order valence-corrected chi connectivity index (χ0v) is 21.6. The molecule has 9 nitrogen and oxygen atoms in total. The number of carbonyl (C=O) groups is 1. The Labute approximate surface area is 210 Å². The molecule has 0 radical (unpaired) electrons. The first kappa shape index (κ1) is 24.9. The fourth-order valence-corrected chi connectivity index (χ4v) is 4.12. The van der Waals surface area contributed by atoms with Crippen LogP contribution in [0.25, 0.3) is 5.69 Å². The molecule has 3 atom stereocenters. The molecule has 3 heterocycles. The van der Waals surface area contributed by atoms with Gasteiger partial charge < -0.3 is 14.8 Å². The van der Waals surface area contributed by atoms with Crippen LogP contribution in [0.4, 0.5) is 16.6 Å². The van der Waals surface area contributed by atoms with Crippen molar-refractivity contribution in [2.75, 3.05) is 16.8 Å². The van der Waals surface area contributed by atoms with E-state index in [4.69, 9.17) is 21.1 Å². The number of nitrogens with zero attached hydrogens (tertiary/aromatic N) is 5. The van der Waals surface area contributed by atoms with Crippen LogP contribution >= 0.6 is 11.6 Å². The second-order valence-corrected chi connectivity index (χ2v) is 10.1. The highest BCUT2D eigenvalue weighted by molar-refractivity contribution is 6.30. The number of cyclic esters (lactones) is 1. The van der Waals surface area contributed by atoms with Gasteiger partial charge in [0.1, 0.15) is 18.5 Å². The number of nitrogens with one attached hydrogen (secondary N) is 1. The molecule has 1 aromatic carbocycles. The summed E-state index contributed by atoms with van der Waals surface area (Å²) in [5.41, 5.74) is 2.24. The minimum absolute atomic E-state index is 0.129. The summed E-state index contributed by atoms with van der Waals surface area (Å²) in [6, 6.07) is 8.82. The zero-order valence-electron chi connectivity index (χ0n) is 20.8. The van der Waals surface area contributed by atoms with E-state index in [2.05, 4.69) is 20.4 Å². The summed E-state index contributed by atoms with van der Waals surface area (Å²) in [6.45, 7) is 12.0. The molecule has 1 N–H and O–H groups in total. The van der Waals surface area contributed by atoms with Gasteiger partial charge in [0.05, 0.1) is 29.6 Å². The maximum Gasteiger partial charge on any atom is 0.416 e. The summed E-state index contributed by atoms with van der Waals surface area (Å²) in [7, 11) is 0. The molecule has 0 spiro atoms. The van der Waals surface area contributed by atoms with Crippen molar-refractivity contribution in [1.82, 2.24) is 19.7 Å². The normalized spacial score (nSPS) is 17.9. The quantitative estimate of drug-likeness (QED) is 0.470. The van der Waals surface area contributed by atoms with Crippen molar-refractivity contribution in [3.63, 3.8) is 0 Å². The smallest absolute Gasteiger partial charge is 0.416 e. The van der Waals surface area contributed by atoms with E-state index in [-0.39, 0.29) is 30.4 Å². The summed E-state index contributed by atoms with van der Waals surface area (Å²) in [5.74, 6) is 0.885. The molecule has 0 aliphatic carbocycles. The zero-order chi connectivity index (χ0) is 25.3. The van der Waals surface area contributed by atoms with Gasteiger partial charge in [-0.05, 0) is 65.8 Å². The first-order chi connectivity index (χ1) is 16.5. The van der Waals surface area contributed by atoms with Gasteiger partial charge in [0.15, 0.2) is 0 Å². The molecule has 0 saturated carbocycles. The lowest BCUT2D eigenvalue weighted by molar-refractivity contribution is -0.0618. The molecule has 1 aliphatic rings. The Morgan fingerprint density at radius 1 is 1.20 bits per heavy atom. The molecule has 35 heavy (non-hydrogen) atoms. The Kier molecular flexibility index (Phi) is 7.00. The van der Waals surface area contributed by atoms with E-state index in [9.17, 15) is 4.79 Å². The lowest BCUT2D eigenvalue weighted by atomic mass is 10.1. The second kappa shape index (κ2) is 9.83. The van der Waals surface area contributed by atoms with Crippen LogP contribution in [0.1, 0.15) is 51.9 Å². The van der Waals surface area contributed by atoms with Crippen LogP contribution in [0.2, 0.25) is 5.02 Å². The van der Waals surface area contributed by atoms with E-state index in [1.54, 1.807) is 21.8 Å². The molecule has 10 heteroatoms. The fraction of sp³-hybridized carbons (Fsp3) is 0.440. The summed E-state index contributed by atoms with van der Waals surface area (Å²) in [6.07, 6.45) is 3.05. The van der Waals surface area contributed by atoms with Crippen molar-refractivity contribution in [3.8, 4) is 5.69 Å². The number of benzene rings is 1. The molecular weight excluding hydrogens is 468 g/mol. The van der Waals surface area contributed by atoms with Crippen LogP contribution in [-0.2, 0) is 9.47 Å². The third kappa shape index (κ3) is 5.91. The molecule has 3 aromatic rings. The molecule has 1 amide bonds. The van der Waals surface area contributed by atoms with Gasteiger partial charge >= 0.3 is 6.09 Å². The van der Waals surface area contributed by atoms with Crippen molar-refractivity contribution in [3.05, 3.63) is 59.0 Å². The van der Waals surface area contributed by atoms with Crippen molar-refractivity contribution in [2.45, 2.75) is 65.3 Å². The Balaban J connectivity index is 1.53. The van der Waals surface area contributed by atoms with E-state index in [0.717, 1.165) is 16.9 Å². The van der Waals surface area contributed by atoms with Gasteiger partial charge in [-0.1, -0.05) is 11.6 Å². The maximum absolute atomic E-state index is 12.6. The number of aryl methyl sites for hydroxylation is 1. The number of aromatic nitrogens is 4. The van der Waals surface area contributed by atoms with E-state index < -0.39 is 6.09 Å². The highest BCUT2D eigenvalue weighted by Crippen LogP contribution is 2.28. The Morgan fingerprint density at radius 2 is 1.91 bits per heavy atom. The number of carbonyl (C=O) groups excluding carboxylic acids is 1. The molecule has 1 saturated heterocycles. The van der Waals surface area contributed by atoms with Crippen LogP contribution in [0.5, 0.6) is 0 Å². The monoisotopic (exact) mass is 498 g/mol. The van der Waals surface area contributed by atoms with E-state index in [1.807, 2.05) is 72.0 Å². The van der Waals surface area contributed by atoms with Gasteiger partial charge in [0.25, 0.3) is 0 Å². The summed E-state index contributed by atoms with van der Waals surface area (Å²) in [4.78, 5) is 23.3. The summed E-state index contributed by atoms with van der Waals surface area (Å²) >= 11 is 5.99. The topological polar surface area (TPSA) is 94.4 Å². The van der Waals surface area contributed by atoms with Gasteiger partial charge in [0, 0.05) is 28.5 Å². The SMILES string of the molecule is Cc1cc(N2C(=O)OC[C@@H]2[C@@H](C)OC(C)(C)C)nc(N[C@@H](C)c2cnn(-c3ccc(Cl)cc3)c2)n1. The van der Waals surface area contributed by atoms with Crippen molar-refractivity contribution < 1.29 is 14.3 Å². The van der Waals surface area contributed by atoms with Crippen molar-refractivity contribution in [2.24, 2.45) is 0 Å². The number of hydrogen-bond acceptors (Lipinski definition) is 7. The van der Waals surface area contributed by atoms with E-state index in [0.29, 0.717) is 16.8 Å². The molecule has 186 valence electrons. The third-order valence-corrected chi connectivity index (χ3v) is 5.87. The lowest BCUT2D eigenvalue weighted by Crippen LogP contribution is -2.45. The highest BCUT2D eigenvalue weighted by Gasteiger charge is 2.40. The number of halogens is 1. The average Bonchev–Trinajstić information content (AvgIpc) is 3.40. The minimum Gasteiger partial charge on any atom is -0.447 e. The van der Waals surface area contributed by atoms with Crippen LogP contribution in [-0.4, -0.2) is 50.2 Å². The molecular formula is C25H31ClN6O3. The van der Waals surface area contributed by atoms with Crippen molar-refractivity contribution in [1.29, 1.82) is 0 Å². The molecule has 2 aromatic heterocycles. The molecule has 4 rings (SSSR count). The predicted octanol–water partition coefficient (Wildman–Crippen LogP) is 5.33. The Morgan fingerprint density at radius 3 is 2.60 bits per heavy atom. The maximum atomic E-state index is 12.6. The van der Waals surface area contributed by atoms with E-state index >= 15 is 0 Å². The van der Waals surface area contributed by atoms with Crippen LogP contribution in [0.15, 0.2) is 42.7 Å². The van der Waals surface area contributed by atoms with Gasteiger partial charge in [0.2, 0.25) is 5.95 Å². The largest absolute Gasteiger partial charge is 0.447 e. The Hall–Kier alpha value is -3.17. The number of ether oxygens (including phenoxy) is 2. The first-order valence-electron chi connectivity index (χ1n) is 11.6. The highest BCUT2D eigenvalue weighted by atomic mass is 35.5. The van der Waals surface area contributed by atoms with Crippen LogP contribution < -0.4 is 10.2 Å². The summed E-state index contributed by atoms with van der Waals surface area (Å²) in [5, 5.41) is 8.46. The standard InChI is InChI=1S/C25H31ClN6O3/c1-15-11-22(32-21(14-34-24(32)33)17(3)35-25(4,5)6)30-23(28-15)29-16(2)18-12-27-31(13-18)20-9-7-19(26)8-10-20/h7-13,16-17,21H,14H2,1-6H3,(H,28,29,30)/t16-,17+,21+/m0/s1. The first-order valence-corrected chi connectivity index (χ1v) is 11.9. The van der Waals surface area contributed by atoms with Crippen LogP contribution in [0.3, 0.4) is 0 Å². The molecule has 1 fully saturated rings. The lowest BCUT2D eigenvalue weighted by Gasteiger charge is -2.31.